The molecule has 8 nitrogen and oxygen atoms in total. The zero-order valence-corrected chi connectivity index (χ0v) is 18.8. The molecule has 10 heteroatoms. The molecule has 3 heterocycles. The Hall–Kier alpha value is -3.36. The molecular weight excluding hydrogens is 451 g/mol. The van der Waals surface area contributed by atoms with Crippen LogP contribution in [0.5, 0.6) is 0 Å². The third kappa shape index (κ3) is 4.46. The Morgan fingerprint density at radius 1 is 1.22 bits per heavy atom. The molecule has 4 aromatic rings. The fourth-order valence-electron chi connectivity index (χ4n) is 3.36. The van der Waals surface area contributed by atoms with Crippen molar-refractivity contribution in [1.82, 2.24) is 19.4 Å². The van der Waals surface area contributed by atoms with Gasteiger partial charge < -0.3 is 20.1 Å². The van der Waals surface area contributed by atoms with Crippen molar-refractivity contribution < 1.29 is 9.90 Å². The van der Waals surface area contributed by atoms with Crippen LogP contribution < -0.4 is 10.6 Å². The van der Waals surface area contributed by atoms with Gasteiger partial charge in [0.25, 0.3) is 0 Å². The summed E-state index contributed by atoms with van der Waals surface area (Å²) in [4.78, 5) is 25.2. The van der Waals surface area contributed by atoms with Crippen LogP contribution in [0.15, 0.2) is 48.8 Å². The highest BCUT2D eigenvalue weighted by Crippen LogP contribution is 2.28. The number of hydrogen-bond acceptors (Lipinski definition) is 6. The number of aryl methyl sites for hydroxylation is 1. The van der Waals surface area contributed by atoms with E-state index >= 15 is 0 Å². The van der Waals surface area contributed by atoms with E-state index in [4.69, 9.17) is 23.2 Å². The average Bonchev–Trinajstić information content (AvgIpc) is 3.16. The zero-order chi connectivity index (χ0) is 22.8. The van der Waals surface area contributed by atoms with Crippen molar-refractivity contribution in [3.63, 3.8) is 0 Å². The number of carbonyl (C=O) groups is 1. The third-order valence-corrected chi connectivity index (χ3v) is 5.89. The van der Waals surface area contributed by atoms with Crippen LogP contribution in [0.25, 0.3) is 16.8 Å². The Bertz CT molecular complexity index is 1310. The number of pyridine rings is 1. The van der Waals surface area contributed by atoms with Gasteiger partial charge in [-0.1, -0.05) is 35.3 Å². The van der Waals surface area contributed by atoms with Gasteiger partial charge in [-0.25, -0.2) is 14.8 Å². The molecule has 164 valence electrons. The van der Waals surface area contributed by atoms with Gasteiger partial charge in [0.2, 0.25) is 5.95 Å². The van der Waals surface area contributed by atoms with Crippen LogP contribution >= 0.6 is 23.2 Å². The molecule has 0 radical (unpaired) electrons. The summed E-state index contributed by atoms with van der Waals surface area (Å²) in [5.74, 6) is 0.542. The maximum absolute atomic E-state index is 12.0. The van der Waals surface area contributed by atoms with Gasteiger partial charge in [0.1, 0.15) is 17.7 Å². The molecule has 0 fully saturated rings. The molecule has 0 saturated carbocycles. The predicted octanol–water partition coefficient (Wildman–Crippen LogP) is 4.56. The van der Waals surface area contributed by atoms with Gasteiger partial charge in [-0.05, 0) is 30.7 Å². The number of imidazole rings is 1. The first-order chi connectivity index (χ1) is 15.4. The van der Waals surface area contributed by atoms with Crippen molar-refractivity contribution >= 4 is 46.5 Å². The Morgan fingerprint density at radius 2 is 2.03 bits per heavy atom. The van der Waals surface area contributed by atoms with Crippen molar-refractivity contribution in [3.8, 4) is 11.3 Å². The van der Waals surface area contributed by atoms with E-state index in [1.165, 1.54) is 0 Å². The number of carboxylic acid groups (broad SMARTS) is 1. The summed E-state index contributed by atoms with van der Waals surface area (Å²) < 4.78 is 1.96. The first kappa shape index (κ1) is 21.9. The zero-order valence-electron chi connectivity index (χ0n) is 17.3. The molecule has 0 bridgehead atoms. The van der Waals surface area contributed by atoms with E-state index in [2.05, 4.69) is 25.6 Å². The lowest BCUT2D eigenvalue weighted by Crippen LogP contribution is -2.32. The number of carboxylic acids is 1. The lowest BCUT2D eigenvalue weighted by molar-refractivity contribution is -0.137. The highest BCUT2D eigenvalue weighted by molar-refractivity contribution is 6.42. The van der Waals surface area contributed by atoms with E-state index in [0.717, 1.165) is 16.9 Å². The molecule has 4 rings (SSSR count). The summed E-state index contributed by atoms with van der Waals surface area (Å²) >= 11 is 12.3. The number of fused-ring (bicyclic) bond motifs is 1. The average molecular weight is 471 g/mol. The highest BCUT2D eigenvalue weighted by Gasteiger charge is 2.21. The van der Waals surface area contributed by atoms with Crippen LogP contribution in [-0.4, -0.2) is 43.5 Å². The third-order valence-electron chi connectivity index (χ3n) is 5.03. The Kier molecular flexibility index (Phi) is 6.16. The van der Waals surface area contributed by atoms with Crippen molar-refractivity contribution in [2.24, 2.45) is 0 Å². The van der Waals surface area contributed by atoms with Crippen LogP contribution in [0.1, 0.15) is 11.4 Å². The lowest BCUT2D eigenvalue weighted by Gasteiger charge is -2.17. The molecule has 1 unspecified atom stereocenters. The maximum atomic E-state index is 12.0. The molecule has 0 aliphatic heterocycles. The molecule has 0 saturated heterocycles. The second kappa shape index (κ2) is 9.02. The topological polar surface area (TPSA) is 104 Å². The Balaban J connectivity index is 1.68. The number of nitrogens with zero attached hydrogens (tertiary/aromatic N) is 4. The van der Waals surface area contributed by atoms with Crippen molar-refractivity contribution in [2.45, 2.75) is 19.4 Å². The first-order valence-electron chi connectivity index (χ1n) is 9.79. The maximum Gasteiger partial charge on any atom is 0.326 e. The van der Waals surface area contributed by atoms with Crippen molar-refractivity contribution in [2.75, 3.05) is 17.7 Å². The summed E-state index contributed by atoms with van der Waals surface area (Å²) in [5.41, 5.74) is 3.07. The summed E-state index contributed by atoms with van der Waals surface area (Å²) in [6.07, 6.45) is 3.86. The number of benzene rings is 1. The second-order valence-electron chi connectivity index (χ2n) is 7.18. The van der Waals surface area contributed by atoms with Gasteiger partial charge in [0.05, 0.1) is 27.5 Å². The minimum atomic E-state index is -1.04. The summed E-state index contributed by atoms with van der Waals surface area (Å²) in [6.45, 7) is 1.92. The van der Waals surface area contributed by atoms with E-state index in [1.54, 1.807) is 37.5 Å². The molecule has 3 N–H and O–H groups in total. The van der Waals surface area contributed by atoms with E-state index in [-0.39, 0.29) is 6.42 Å². The number of anilines is 2. The Morgan fingerprint density at radius 3 is 2.78 bits per heavy atom. The number of aliphatic carboxylic acids is 1. The van der Waals surface area contributed by atoms with Crippen molar-refractivity contribution in [3.05, 3.63) is 70.2 Å². The van der Waals surface area contributed by atoms with Crippen LogP contribution in [-0.2, 0) is 11.2 Å². The number of nitrogens with one attached hydrogen (secondary N) is 2. The quantitative estimate of drug-likeness (QED) is 0.363. The van der Waals surface area contributed by atoms with Crippen LogP contribution in [0, 0.1) is 6.92 Å². The number of halogens is 2. The van der Waals surface area contributed by atoms with Crippen LogP contribution in [0.3, 0.4) is 0 Å². The van der Waals surface area contributed by atoms with Gasteiger partial charge in [0, 0.05) is 31.3 Å². The van der Waals surface area contributed by atoms with E-state index in [0.29, 0.717) is 33.1 Å². The fraction of sp³-hybridized carbons (Fsp3) is 0.182. The summed E-state index contributed by atoms with van der Waals surface area (Å²) in [7, 11) is 1.70. The van der Waals surface area contributed by atoms with E-state index < -0.39 is 12.0 Å². The molecule has 1 atom stereocenters. The smallest absolute Gasteiger partial charge is 0.326 e. The van der Waals surface area contributed by atoms with E-state index in [1.807, 2.05) is 29.7 Å². The molecule has 3 aromatic heterocycles. The number of rotatable bonds is 7. The Labute approximate surface area is 194 Å². The number of aromatic nitrogens is 4. The standard InChI is InChI=1S/C22H20Cl2N6O2/c1-12-26-10-15-7-6-14(11-30(12)15)17-9-19(29-22(25-2)28-17)27-18(21(31)32)8-13-4-3-5-16(23)20(13)24/h3-7,9-11,18H,8H2,1-2H3,(H,31,32)(H2,25,27,28,29). The van der Waals surface area contributed by atoms with Gasteiger partial charge in [0.15, 0.2) is 0 Å². The SMILES string of the molecule is CNc1nc(NC(Cc2cccc(Cl)c2Cl)C(=O)O)cc(-c2ccc3cnc(C)n3c2)n1. The second-order valence-corrected chi connectivity index (χ2v) is 7.97. The number of hydrogen-bond donors (Lipinski definition) is 3. The molecule has 0 aliphatic carbocycles. The molecule has 0 amide bonds. The minimum absolute atomic E-state index is 0.128. The molecule has 0 spiro atoms. The fourth-order valence-corrected chi connectivity index (χ4v) is 3.75. The van der Waals surface area contributed by atoms with Crippen molar-refractivity contribution in [1.29, 1.82) is 0 Å². The molecule has 32 heavy (non-hydrogen) atoms. The molecular formula is C22H20Cl2N6O2. The largest absolute Gasteiger partial charge is 0.480 e. The highest BCUT2D eigenvalue weighted by atomic mass is 35.5. The first-order valence-corrected chi connectivity index (χ1v) is 10.5. The van der Waals surface area contributed by atoms with Gasteiger partial charge in [-0.3, -0.25) is 0 Å². The van der Waals surface area contributed by atoms with Gasteiger partial charge >= 0.3 is 5.97 Å². The monoisotopic (exact) mass is 470 g/mol. The summed E-state index contributed by atoms with van der Waals surface area (Å²) in [6, 6.07) is 9.76. The lowest BCUT2D eigenvalue weighted by atomic mass is 10.1. The summed E-state index contributed by atoms with van der Waals surface area (Å²) in [5, 5.41) is 16.4. The van der Waals surface area contributed by atoms with Crippen LogP contribution in [0.4, 0.5) is 11.8 Å². The van der Waals surface area contributed by atoms with Gasteiger partial charge in [-0.15, -0.1) is 0 Å². The van der Waals surface area contributed by atoms with E-state index in [9.17, 15) is 9.90 Å². The molecule has 1 aromatic carbocycles. The molecule has 0 aliphatic rings. The predicted molar refractivity (Wildman–Crippen MR) is 126 cm³/mol. The van der Waals surface area contributed by atoms with Crippen LogP contribution in [0.2, 0.25) is 10.0 Å². The normalized spacial score (nSPS) is 12.0. The minimum Gasteiger partial charge on any atom is -0.480 e. The van der Waals surface area contributed by atoms with Gasteiger partial charge in [-0.2, -0.15) is 4.98 Å².